The lowest BCUT2D eigenvalue weighted by atomic mass is 10.0. The van der Waals surface area contributed by atoms with E-state index < -0.39 is 6.10 Å². The molecule has 0 aromatic heterocycles. The van der Waals surface area contributed by atoms with Crippen LogP contribution in [0.5, 0.6) is 0 Å². The van der Waals surface area contributed by atoms with Gasteiger partial charge in [0, 0.05) is 21.5 Å². The van der Waals surface area contributed by atoms with Gasteiger partial charge in [0.2, 0.25) is 0 Å². The Morgan fingerprint density at radius 2 is 1.89 bits per heavy atom. The van der Waals surface area contributed by atoms with Crippen LogP contribution in [0.3, 0.4) is 0 Å². The molecule has 100 valence electrons. The maximum absolute atomic E-state index is 13.6. The molecule has 0 amide bonds. The molecule has 4 heteroatoms. The lowest BCUT2D eigenvalue weighted by Crippen LogP contribution is -2.15. The molecule has 1 nitrogen and oxygen atoms in total. The fourth-order valence-electron chi connectivity index (χ4n) is 1.97. The molecule has 0 aliphatic heterocycles. The first-order valence-electron chi connectivity index (χ1n) is 5.91. The molecule has 2 aromatic carbocycles. The topological polar surface area (TPSA) is 20.2 Å². The van der Waals surface area contributed by atoms with Crippen LogP contribution in [-0.4, -0.2) is 11.2 Å². The minimum Gasteiger partial charge on any atom is -0.392 e. The predicted molar refractivity (Wildman–Crippen MR) is 79.0 cm³/mol. The average molecular weight is 344 g/mol. The van der Waals surface area contributed by atoms with Crippen molar-refractivity contribution in [3.8, 4) is 0 Å². The number of aliphatic hydroxyl groups is 1. The Morgan fingerprint density at radius 3 is 2.58 bits per heavy atom. The molecular weight excluding hydrogens is 331 g/mol. The lowest BCUT2D eigenvalue weighted by Gasteiger charge is -2.13. The van der Waals surface area contributed by atoms with Crippen LogP contribution in [0, 0.1) is 5.82 Å². The van der Waals surface area contributed by atoms with Crippen molar-refractivity contribution >= 4 is 27.5 Å². The summed E-state index contributed by atoms with van der Waals surface area (Å²) in [6, 6.07) is 12.2. The minimum atomic E-state index is -0.663. The second-order valence-corrected chi connectivity index (χ2v) is 5.72. The summed E-state index contributed by atoms with van der Waals surface area (Å²) in [5.74, 6) is -0.374. The quantitative estimate of drug-likeness (QED) is 0.873. The van der Waals surface area contributed by atoms with Crippen molar-refractivity contribution in [2.24, 2.45) is 0 Å². The van der Waals surface area contributed by atoms with Crippen molar-refractivity contribution in [1.82, 2.24) is 0 Å². The molecule has 0 spiro atoms. The second kappa shape index (κ2) is 6.51. The highest BCUT2D eigenvalue weighted by Crippen LogP contribution is 2.22. The lowest BCUT2D eigenvalue weighted by molar-refractivity contribution is 0.174. The van der Waals surface area contributed by atoms with Gasteiger partial charge in [-0.3, -0.25) is 0 Å². The Labute approximate surface area is 125 Å². The Kier molecular flexibility index (Phi) is 4.97. The third-order valence-corrected chi connectivity index (χ3v) is 3.71. The van der Waals surface area contributed by atoms with Crippen LogP contribution < -0.4 is 0 Å². The summed E-state index contributed by atoms with van der Waals surface area (Å²) in [6.45, 7) is 0. The zero-order valence-electron chi connectivity index (χ0n) is 10.1. The first kappa shape index (κ1) is 14.5. The molecule has 0 radical (unpaired) electrons. The fourth-order valence-corrected chi connectivity index (χ4v) is 2.66. The summed E-state index contributed by atoms with van der Waals surface area (Å²) in [7, 11) is 0. The number of hydrogen-bond donors (Lipinski definition) is 1. The van der Waals surface area contributed by atoms with E-state index in [1.165, 1.54) is 6.07 Å². The first-order valence-corrected chi connectivity index (χ1v) is 7.09. The zero-order chi connectivity index (χ0) is 13.8. The Hall–Kier alpha value is -0.900. The van der Waals surface area contributed by atoms with E-state index in [0.717, 1.165) is 10.0 Å². The van der Waals surface area contributed by atoms with E-state index in [-0.39, 0.29) is 12.2 Å². The van der Waals surface area contributed by atoms with E-state index >= 15 is 0 Å². The van der Waals surface area contributed by atoms with E-state index in [9.17, 15) is 9.50 Å². The van der Waals surface area contributed by atoms with Gasteiger partial charge in [0.05, 0.1) is 6.10 Å². The van der Waals surface area contributed by atoms with E-state index in [0.29, 0.717) is 17.0 Å². The summed E-state index contributed by atoms with van der Waals surface area (Å²) >= 11 is 9.32. The first-order chi connectivity index (χ1) is 9.06. The number of rotatable bonds is 4. The highest BCUT2D eigenvalue weighted by atomic mass is 79.9. The third-order valence-electron chi connectivity index (χ3n) is 2.86. The van der Waals surface area contributed by atoms with E-state index in [1.54, 1.807) is 12.1 Å². The van der Waals surface area contributed by atoms with Gasteiger partial charge in [-0.05, 0) is 36.2 Å². The standard InChI is InChI=1S/C15H13BrClFO/c16-11-4-1-3-10(7-11)8-12(19)9-13-14(17)5-2-6-15(13)18/h1-7,12,19H,8-9H2. The van der Waals surface area contributed by atoms with E-state index in [1.807, 2.05) is 24.3 Å². The van der Waals surface area contributed by atoms with Gasteiger partial charge in [-0.15, -0.1) is 0 Å². The summed E-state index contributed by atoms with van der Waals surface area (Å²) < 4.78 is 14.6. The van der Waals surface area contributed by atoms with Crippen molar-refractivity contribution in [1.29, 1.82) is 0 Å². The molecule has 1 unspecified atom stereocenters. The van der Waals surface area contributed by atoms with E-state index in [2.05, 4.69) is 15.9 Å². The molecule has 1 N–H and O–H groups in total. The van der Waals surface area contributed by atoms with Crippen molar-refractivity contribution in [2.45, 2.75) is 18.9 Å². The van der Waals surface area contributed by atoms with Crippen molar-refractivity contribution < 1.29 is 9.50 Å². The molecule has 0 saturated heterocycles. The Bertz CT molecular complexity index is 554. The summed E-state index contributed by atoms with van der Waals surface area (Å²) in [4.78, 5) is 0. The molecule has 0 saturated carbocycles. The van der Waals surface area contributed by atoms with Gasteiger partial charge in [0.15, 0.2) is 0 Å². The molecule has 2 aromatic rings. The van der Waals surface area contributed by atoms with Crippen LogP contribution in [-0.2, 0) is 12.8 Å². The van der Waals surface area contributed by atoms with Gasteiger partial charge < -0.3 is 5.11 Å². The highest BCUT2D eigenvalue weighted by Gasteiger charge is 2.13. The zero-order valence-corrected chi connectivity index (χ0v) is 12.5. The van der Waals surface area contributed by atoms with Crippen molar-refractivity contribution in [2.75, 3.05) is 0 Å². The highest BCUT2D eigenvalue weighted by molar-refractivity contribution is 9.10. The fraction of sp³-hybridized carbons (Fsp3) is 0.200. The largest absolute Gasteiger partial charge is 0.392 e. The van der Waals surface area contributed by atoms with Crippen LogP contribution >= 0.6 is 27.5 Å². The molecule has 0 heterocycles. The smallest absolute Gasteiger partial charge is 0.127 e. The second-order valence-electron chi connectivity index (χ2n) is 4.39. The van der Waals surface area contributed by atoms with Crippen LogP contribution in [0.4, 0.5) is 4.39 Å². The van der Waals surface area contributed by atoms with Gasteiger partial charge in [-0.25, -0.2) is 4.39 Å². The van der Waals surface area contributed by atoms with Crippen LogP contribution in [0.1, 0.15) is 11.1 Å². The van der Waals surface area contributed by atoms with Gasteiger partial charge >= 0.3 is 0 Å². The maximum atomic E-state index is 13.6. The maximum Gasteiger partial charge on any atom is 0.127 e. The molecule has 1 atom stereocenters. The normalized spacial score (nSPS) is 12.4. The Morgan fingerprint density at radius 1 is 1.16 bits per heavy atom. The van der Waals surface area contributed by atoms with Crippen LogP contribution in [0.25, 0.3) is 0 Å². The van der Waals surface area contributed by atoms with Gasteiger partial charge in [-0.2, -0.15) is 0 Å². The third kappa shape index (κ3) is 4.03. The Balaban J connectivity index is 2.07. The predicted octanol–water partition coefficient (Wildman–Crippen LogP) is 4.39. The monoisotopic (exact) mass is 342 g/mol. The number of hydrogen-bond acceptors (Lipinski definition) is 1. The van der Waals surface area contributed by atoms with Gasteiger partial charge in [0.25, 0.3) is 0 Å². The number of aliphatic hydroxyl groups excluding tert-OH is 1. The molecule has 0 aliphatic rings. The van der Waals surface area contributed by atoms with Crippen LogP contribution in [0.2, 0.25) is 5.02 Å². The molecule has 0 aliphatic carbocycles. The van der Waals surface area contributed by atoms with Gasteiger partial charge in [0.1, 0.15) is 5.82 Å². The molecule has 0 fully saturated rings. The minimum absolute atomic E-state index is 0.206. The molecule has 0 bridgehead atoms. The average Bonchev–Trinajstić information content (AvgIpc) is 2.34. The van der Waals surface area contributed by atoms with Gasteiger partial charge in [-0.1, -0.05) is 45.7 Å². The number of halogens is 3. The van der Waals surface area contributed by atoms with Crippen molar-refractivity contribution in [3.05, 3.63) is 68.9 Å². The molecule has 2 rings (SSSR count). The summed E-state index contributed by atoms with van der Waals surface area (Å²) in [5, 5.41) is 10.4. The van der Waals surface area contributed by atoms with Crippen LogP contribution in [0.15, 0.2) is 46.9 Å². The summed E-state index contributed by atoms with van der Waals surface area (Å²) in [6.07, 6.45) is 0.00553. The van der Waals surface area contributed by atoms with Crippen molar-refractivity contribution in [3.63, 3.8) is 0 Å². The summed E-state index contributed by atoms with van der Waals surface area (Å²) in [5.41, 5.74) is 1.36. The molecule has 19 heavy (non-hydrogen) atoms. The number of benzene rings is 2. The molecular formula is C15H13BrClFO. The SMILES string of the molecule is OC(Cc1cccc(Br)c1)Cc1c(F)cccc1Cl. The van der Waals surface area contributed by atoms with E-state index in [4.69, 9.17) is 11.6 Å².